The number of rotatable bonds is 6. The molecule has 2 aliphatic rings. The largest absolute Gasteiger partial charge is 0.355 e. The Labute approximate surface area is 181 Å². The summed E-state index contributed by atoms with van der Waals surface area (Å²) >= 11 is 0. The molecule has 0 saturated carbocycles. The molecule has 2 amide bonds. The Morgan fingerprint density at radius 3 is 2.81 bits per heavy atom. The van der Waals surface area contributed by atoms with E-state index in [1.54, 1.807) is 0 Å². The van der Waals surface area contributed by atoms with Crippen LogP contribution in [0.5, 0.6) is 0 Å². The highest BCUT2D eigenvalue weighted by Crippen LogP contribution is 2.31. The van der Waals surface area contributed by atoms with Crippen molar-refractivity contribution in [1.82, 2.24) is 15.3 Å². The van der Waals surface area contributed by atoms with Crippen LogP contribution in [0.15, 0.2) is 35.1 Å². The van der Waals surface area contributed by atoms with Gasteiger partial charge in [-0.05, 0) is 37.7 Å². The number of hydrogen-bond acceptors (Lipinski definition) is 5. The van der Waals surface area contributed by atoms with Gasteiger partial charge in [-0.15, -0.1) is 0 Å². The Hall–Kier alpha value is -3.16. The van der Waals surface area contributed by atoms with Gasteiger partial charge in [-0.2, -0.15) is 4.98 Å². The standard InChI is InChI=1S/C23H29N5O3/c1-2-16-10-6-7-13-28(16)23-26-20-19(22(31)27-23)17(14-18(29)25-20)21(30)24-12-11-15-8-4-3-5-9-15/h3-5,8-9,16-17H,2,6-7,10-14H2,1H3,(H,24,30)(H2,25,26,27,29,31)/t16-,17-/m1/s1. The van der Waals surface area contributed by atoms with Gasteiger partial charge in [0.05, 0.1) is 11.5 Å². The summed E-state index contributed by atoms with van der Waals surface area (Å²) < 4.78 is 0. The predicted octanol–water partition coefficient (Wildman–Crippen LogP) is 2.32. The maximum Gasteiger partial charge on any atom is 0.258 e. The SMILES string of the molecule is CC[C@@H]1CCCCN1c1nc2c(c(=O)[nH]1)[C@H](C(=O)NCCc1ccccc1)CC(=O)N2. The third kappa shape index (κ3) is 4.62. The first-order chi connectivity index (χ1) is 15.1. The van der Waals surface area contributed by atoms with Gasteiger partial charge in [-0.25, -0.2) is 0 Å². The summed E-state index contributed by atoms with van der Waals surface area (Å²) in [6.45, 7) is 3.38. The second-order valence-electron chi connectivity index (χ2n) is 8.23. The number of piperidine rings is 1. The Morgan fingerprint density at radius 2 is 2.03 bits per heavy atom. The smallest absolute Gasteiger partial charge is 0.258 e. The zero-order chi connectivity index (χ0) is 21.8. The van der Waals surface area contributed by atoms with E-state index in [2.05, 4.69) is 32.4 Å². The van der Waals surface area contributed by atoms with Crippen LogP contribution in [0, 0.1) is 0 Å². The first kappa shape index (κ1) is 21.1. The molecule has 0 unspecified atom stereocenters. The fourth-order valence-electron chi connectivity index (χ4n) is 4.52. The number of carbonyl (C=O) groups is 2. The maximum atomic E-state index is 13.0. The summed E-state index contributed by atoms with van der Waals surface area (Å²) in [6.07, 6.45) is 4.83. The van der Waals surface area contributed by atoms with Crippen LogP contribution in [0.1, 0.15) is 56.1 Å². The highest BCUT2D eigenvalue weighted by Gasteiger charge is 2.35. The maximum absolute atomic E-state index is 13.0. The van der Waals surface area contributed by atoms with Crippen LogP contribution in [0.25, 0.3) is 0 Å². The van der Waals surface area contributed by atoms with Crippen LogP contribution in [0.4, 0.5) is 11.8 Å². The number of H-pyrrole nitrogens is 1. The fourth-order valence-corrected chi connectivity index (χ4v) is 4.52. The normalized spacial score (nSPS) is 20.7. The molecular weight excluding hydrogens is 394 g/mol. The molecule has 0 spiro atoms. The van der Waals surface area contributed by atoms with Crippen molar-refractivity contribution >= 4 is 23.6 Å². The van der Waals surface area contributed by atoms with Gasteiger partial charge >= 0.3 is 0 Å². The number of aromatic nitrogens is 2. The van der Waals surface area contributed by atoms with Crippen molar-refractivity contribution in [3.63, 3.8) is 0 Å². The molecule has 31 heavy (non-hydrogen) atoms. The minimum absolute atomic E-state index is 0.0599. The molecule has 8 heteroatoms. The van der Waals surface area contributed by atoms with Gasteiger partial charge in [0.25, 0.3) is 5.56 Å². The zero-order valence-electron chi connectivity index (χ0n) is 17.8. The molecule has 1 aromatic heterocycles. The first-order valence-corrected chi connectivity index (χ1v) is 11.1. The first-order valence-electron chi connectivity index (χ1n) is 11.1. The molecule has 4 rings (SSSR count). The Kier molecular flexibility index (Phi) is 6.34. The van der Waals surface area contributed by atoms with Crippen LogP contribution in [-0.2, 0) is 16.0 Å². The lowest BCUT2D eigenvalue weighted by molar-refractivity contribution is -0.126. The van der Waals surface area contributed by atoms with Gasteiger partial charge in [0.2, 0.25) is 17.8 Å². The lowest BCUT2D eigenvalue weighted by Gasteiger charge is -2.36. The van der Waals surface area contributed by atoms with Gasteiger partial charge in [0.15, 0.2) is 0 Å². The van der Waals surface area contributed by atoms with Crippen LogP contribution < -0.4 is 21.1 Å². The van der Waals surface area contributed by atoms with Crippen molar-refractivity contribution in [3.05, 3.63) is 51.8 Å². The molecule has 8 nitrogen and oxygen atoms in total. The third-order valence-electron chi connectivity index (χ3n) is 6.18. The molecule has 0 aliphatic carbocycles. The van der Waals surface area contributed by atoms with E-state index < -0.39 is 5.92 Å². The number of aromatic amines is 1. The predicted molar refractivity (Wildman–Crippen MR) is 119 cm³/mol. The summed E-state index contributed by atoms with van der Waals surface area (Å²) in [5.41, 5.74) is 0.995. The van der Waals surface area contributed by atoms with Crippen molar-refractivity contribution in [1.29, 1.82) is 0 Å². The molecule has 1 aromatic carbocycles. The topological polar surface area (TPSA) is 107 Å². The minimum atomic E-state index is -0.840. The lowest BCUT2D eigenvalue weighted by atomic mass is 9.92. The lowest BCUT2D eigenvalue weighted by Crippen LogP contribution is -2.43. The van der Waals surface area contributed by atoms with E-state index >= 15 is 0 Å². The summed E-state index contributed by atoms with van der Waals surface area (Å²) in [6, 6.07) is 10.2. The fraction of sp³-hybridized carbons (Fsp3) is 0.478. The number of nitrogens with one attached hydrogen (secondary N) is 3. The molecule has 164 valence electrons. The van der Waals surface area contributed by atoms with E-state index in [1.807, 2.05) is 30.3 Å². The Bertz CT molecular complexity index is 1000. The number of benzene rings is 1. The highest BCUT2D eigenvalue weighted by molar-refractivity contribution is 6.00. The Balaban J connectivity index is 1.53. The molecule has 0 bridgehead atoms. The summed E-state index contributed by atoms with van der Waals surface area (Å²) in [7, 11) is 0. The van der Waals surface area contributed by atoms with Gasteiger partial charge in [0.1, 0.15) is 5.82 Å². The number of anilines is 2. The minimum Gasteiger partial charge on any atom is -0.355 e. The van der Waals surface area contributed by atoms with Crippen molar-refractivity contribution < 1.29 is 9.59 Å². The second-order valence-corrected chi connectivity index (χ2v) is 8.23. The molecule has 3 N–H and O–H groups in total. The number of fused-ring (bicyclic) bond motifs is 1. The average Bonchev–Trinajstić information content (AvgIpc) is 2.78. The number of carbonyl (C=O) groups excluding carboxylic acids is 2. The van der Waals surface area contributed by atoms with E-state index in [4.69, 9.17) is 0 Å². The van der Waals surface area contributed by atoms with Crippen LogP contribution in [-0.4, -0.2) is 40.9 Å². The van der Waals surface area contributed by atoms with Gasteiger partial charge in [-0.1, -0.05) is 37.3 Å². The molecule has 2 atom stereocenters. The summed E-state index contributed by atoms with van der Waals surface area (Å²) in [5.74, 6) is -0.783. The average molecular weight is 424 g/mol. The molecular formula is C23H29N5O3. The third-order valence-corrected chi connectivity index (χ3v) is 6.18. The molecule has 2 aromatic rings. The van der Waals surface area contributed by atoms with E-state index in [-0.39, 0.29) is 35.2 Å². The zero-order valence-corrected chi connectivity index (χ0v) is 17.8. The van der Waals surface area contributed by atoms with Crippen molar-refractivity contribution in [3.8, 4) is 0 Å². The van der Waals surface area contributed by atoms with E-state index in [1.165, 1.54) is 0 Å². The van der Waals surface area contributed by atoms with Gasteiger partial charge < -0.3 is 15.5 Å². The van der Waals surface area contributed by atoms with Crippen molar-refractivity contribution in [2.45, 2.75) is 57.4 Å². The van der Waals surface area contributed by atoms with E-state index in [9.17, 15) is 14.4 Å². The summed E-state index contributed by atoms with van der Waals surface area (Å²) in [5, 5.41) is 5.58. The molecule has 2 aliphatic heterocycles. The Morgan fingerprint density at radius 1 is 1.23 bits per heavy atom. The van der Waals surface area contributed by atoms with Crippen molar-refractivity contribution in [2.75, 3.05) is 23.3 Å². The van der Waals surface area contributed by atoms with Gasteiger partial charge in [0, 0.05) is 25.6 Å². The number of hydrogen-bond donors (Lipinski definition) is 3. The molecule has 1 fully saturated rings. The van der Waals surface area contributed by atoms with E-state index in [0.717, 1.165) is 37.8 Å². The van der Waals surface area contributed by atoms with E-state index in [0.29, 0.717) is 25.0 Å². The molecule has 3 heterocycles. The molecule has 0 radical (unpaired) electrons. The van der Waals surface area contributed by atoms with Crippen LogP contribution >= 0.6 is 0 Å². The van der Waals surface area contributed by atoms with Gasteiger partial charge in [-0.3, -0.25) is 19.4 Å². The number of amides is 2. The number of nitrogens with zero attached hydrogens (tertiary/aromatic N) is 2. The van der Waals surface area contributed by atoms with Crippen LogP contribution in [0.3, 0.4) is 0 Å². The summed E-state index contributed by atoms with van der Waals surface area (Å²) in [4.78, 5) is 47.7. The second kappa shape index (κ2) is 9.32. The highest BCUT2D eigenvalue weighted by atomic mass is 16.2. The monoisotopic (exact) mass is 423 g/mol. The van der Waals surface area contributed by atoms with Crippen molar-refractivity contribution in [2.24, 2.45) is 0 Å². The molecule has 1 saturated heterocycles. The van der Waals surface area contributed by atoms with Crippen LogP contribution in [0.2, 0.25) is 0 Å². The quantitative estimate of drug-likeness (QED) is 0.661.